The summed E-state index contributed by atoms with van der Waals surface area (Å²) in [5.41, 5.74) is 21.3. The zero-order valence-corrected chi connectivity index (χ0v) is 57.7. The molecule has 1 unspecified atom stereocenters. The highest BCUT2D eigenvalue weighted by molar-refractivity contribution is 6.34. The molecule has 1 saturated heterocycles. The highest BCUT2D eigenvalue weighted by Crippen LogP contribution is 2.33. The Balaban J connectivity index is 0.00000103. The number of halogens is 3. The van der Waals surface area contributed by atoms with Crippen molar-refractivity contribution < 1.29 is 14.3 Å². The Kier molecular flexibility index (Phi) is 37.0. The van der Waals surface area contributed by atoms with Crippen LogP contribution in [0.3, 0.4) is 0 Å². The van der Waals surface area contributed by atoms with E-state index in [1.165, 1.54) is 24.5 Å². The first kappa shape index (κ1) is 78.0. The van der Waals surface area contributed by atoms with Crippen molar-refractivity contribution in [3.8, 4) is 34.2 Å². The first-order chi connectivity index (χ1) is 40.4. The molecule has 1 fully saturated rings. The molecule has 0 bridgehead atoms. The van der Waals surface area contributed by atoms with Crippen LogP contribution in [0.25, 0.3) is 34.2 Å². The van der Waals surface area contributed by atoms with Gasteiger partial charge in [-0.2, -0.15) is 0 Å². The Morgan fingerprint density at radius 1 is 0.541 bits per heavy atom. The average molecular weight is 1220 g/mol. The highest BCUT2D eigenvalue weighted by atomic mass is 35.5. The van der Waals surface area contributed by atoms with Gasteiger partial charge in [-0.05, 0) is 148 Å². The van der Waals surface area contributed by atoms with Gasteiger partial charge in [0.25, 0.3) is 0 Å². The van der Waals surface area contributed by atoms with E-state index in [4.69, 9.17) is 55.9 Å². The molecule has 3 aromatic heterocycles. The molecule has 1 aliphatic heterocycles. The van der Waals surface area contributed by atoms with Crippen LogP contribution >= 0.6 is 34.8 Å². The molecule has 1 aliphatic rings. The van der Waals surface area contributed by atoms with Gasteiger partial charge in [-0.25, -0.2) is 29.9 Å². The van der Waals surface area contributed by atoms with Crippen molar-refractivity contribution in [2.75, 3.05) is 49.3 Å². The molecule has 1 atom stereocenters. The third-order valence-corrected chi connectivity index (χ3v) is 14.1. The first-order valence-corrected chi connectivity index (χ1v) is 30.5. The molecule has 464 valence electrons. The predicted octanol–water partition coefficient (Wildman–Crippen LogP) is 17.9. The summed E-state index contributed by atoms with van der Waals surface area (Å²) in [5, 5.41) is 14.9. The fourth-order valence-electron chi connectivity index (χ4n) is 8.29. The van der Waals surface area contributed by atoms with Crippen LogP contribution in [0.15, 0.2) is 72.8 Å². The number of aromatic nitrogens is 6. The van der Waals surface area contributed by atoms with E-state index in [0.29, 0.717) is 39.3 Å². The van der Waals surface area contributed by atoms with Gasteiger partial charge in [-0.1, -0.05) is 163 Å². The van der Waals surface area contributed by atoms with Crippen molar-refractivity contribution in [1.82, 2.24) is 29.9 Å². The third-order valence-electron chi connectivity index (χ3n) is 13.0. The third kappa shape index (κ3) is 22.7. The van der Waals surface area contributed by atoms with E-state index in [1.807, 2.05) is 147 Å². The summed E-state index contributed by atoms with van der Waals surface area (Å²) < 4.78 is 4.61. The number of hydrogen-bond acceptors (Lipinski definition) is 13. The fraction of sp³-hybridized carbons (Fsp3) is 0.426. The number of Topliss-reactive ketones (excluding diaryl/α,β-unsaturated/α-hetero) is 1. The highest BCUT2D eigenvalue weighted by Gasteiger charge is 2.23. The molecule has 0 radical (unpaired) electrons. The van der Waals surface area contributed by atoms with Crippen molar-refractivity contribution in [2.45, 2.75) is 159 Å². The van der Waals surface area contributed by atoms with Crippen LogP contribution in [0.4, 0.5) is 17.5 Å². The van der Waals surface area contributed by atoms with Crippen molar-refractivity contribution in [1.29, 1.82) is 5.41 Å². The molecule has 0 spiro atoms. The van der Waals surface area contributed by atoms with Gasteiger partial charge < -0.3 is 26.0 Å². The number of nitrogen functional groups attached to an aromatic ring is 1. The lowest BCUT2D eigenvalue weighted by atomic mass is 10.0. The average Bonchev–Trinajstić information content (AvgIpc) is 3.52. The molecule has 0 saturated carbocycles. The number of anilines is 3. The van der Waals surface area contributed by atoms with Crippen LogP contribution in [0, 0.1) is 87.5 Å². The number of ether oxygens (including phenoxy) is 1. The number of amidine groups is 1. The Morgan fingerprint density at radius 3 is 1.13 bits per heavy atom. The monoisotopic (exact) mass is 1220 g/mol. The minimum Gasteiger partial charge on any atom is -0.465 e. The van der Waals surface area contributed by atoms with Crippen LogP contribution in [0.5, 0.6) is 0 Å². The van der Waals surface area contributed by atoms with E-state index in [0.717, 1.165) is 103 Å². The summed E-state index contributed by atoms with van der Waals surface area (Å²) in [4.78, 5) is 50.7. The minimum absolute atomic E-state index is 0.153. The lowest BCUT2D eigenvalue weighted by molar-refractivity contribution is -0.150. The molecule has 7 aromatic rings. The molecule has 17 heteroatoms. The van der Waals surface area contributed by atoms with E-state index in [-0.39, 0.29) is 11.6 Å². The zero-order valence-electron chi connectivity index (χ0n) is 55.4. The van der Waals surface area contributed by atoms with Gasteiger partial charge in [0.05, 0.1) is 6.61 Å². The second-order valence-electron chi connectivity index (χ2n) is 18.8. The van der Waals surface area contributed by atoms with E-state index in [9.17, 15) is 9.59 Å². The molecule has 85 heavy (non-hydrogen) atoms. The number of nitrogens with one attached hydrogen (secondary N) is 3. The molecule has 4 heterocycles. The Morgan fingerprint density at radius 2 is 0.847 bits per heavy atom. The molecule has 0 aliphatic carbocycles. The number of nitrogens with zero attached hydrogens (tertiary/aromatic N) is 7. The van der Waals surface area contributed by atoms with Crippen LogP contribution in [0.2, 0.25) is 15.5 Å². The maximum Gasteiger partial charge on any atom is 0.316 e. The number of benzene rings is 4. The number of esters is 1. The molecule has 0 amide bonds. The largest absolute Gasteiger partial charge is 0.465 e. The summed E-state index contributed by atoms with van der Waals surface area (Å²) in [6, 6.07) is 24.4. The van der Waals surface area contributed by atoms with Crippen molar-refractivity contribution in [3.63, 3.8) is 0 Å². The fourth-order valence-corrected chi connectivity index (χ4v) is 8.85. The Labute approximate surface area is 525 Å². The normalized spacial score (nSPS) is 10.8. The second kappa shape index (κ2) is 40.3. The van der Waals surface area contributed by atoms with E-state index < -0.39 is 11.9 Å². The second-order valence-corrected chi connectivity index (χ2v) is 19.9. The standard InChI is InChI=1S/C17H22N4.C14H16ClN3.C13H12Cl2N2.C9H12N2.C7H12O3.4C2H6/c1-11-7-5-8-12(2)14(11)16-19-15(18-4)13(3)17(20-16)21-9-6-10-21;1-8-6-5-7-9(2)11(8)14-17-12(15)10(3)13(16-4)18-14;1-7-5-4-6-8(2)10(7)13-16-11(14)9(3)12(15)17-13;1-6-4-3-5-7(2)8(6)9(10)11;1-4-10-7(9)5(2)6(3)8;4*1-2/h5,7-8H,6,9-10H2,1-4H3,(H,18,19,20);5-7H,1-4H3,(H,16,17,18);4-6H,1-3H3;3-5H,1-2H3,(H3,10,11);5H,4H2,1-3H3;4*1-2H3. The number of nitrogens with two attached hydrogens (primary N) is 1. The van der Waals surface area contributed by atoms with E-state index in [2.05, 4.69) is 105 Å². The number of hydrogen-bond donors (Lipinski definition) is 4. The summed E-state index contributed by atoms with van der Waals surface area (Å²) >= 11 is 18.2. The quantitative estimate of drug-likeness (QED) is 0.0332. The molecular formula is C68H98Cl3N11O3. The van der Waals surface area contributed by atoms with Crippen LogP contribution < -0.4 is 21.3 Å². The first-order valence-electron chi connectivity index (χ1n) is 29.4. The number of aryl methyl sites for hydroxylation is 8. The number of carbonyl (C=O) groups excluding carboxylic acids is 2. The van der Waals surface area contributed by atoms with Gasteiger partial charge in [0.2, 0.25) is 0 Å². The maximum atomic E-state index is 10.7. The summed E-state index contributed by atoms with van der Waals surface area (Å²) in [5.74, 6) is 3.79. The van der Waals surface area contributed by atoms with E-state index >= 15 is 0 Å². The van der Waals surface area contributed by atoms with Crippen molar-refractivity contribution >= 4 is 69.8 Å². The van der Waals surface area contributed by atoms with E-state index in [1.54, 1.807) is 20.8 Å². The maximum absolute atomic E-state index is 10.7. The Hall–Kier alpha value is -7.00. The Bertz CT molecular complexity index is 3130. The molecular weight excluding hydrogens is 1130 g/mol. The van der Waals surface area contributed by atoms with Crippen LogP contribution in [-0.4, -0.2) is 81.3 Å². The molecule has 14 nitrogen and oxygen atoms in total. The predicted molar refractivity (Wildman–Crippen MR) is 365 cm³/mol. The van der Waals surface area contributed by atoms with Crippen molar-refractivity contribution in [3.05, 3.63) is 155 Å². The van der Waals surface area contributed by atoms with Crippen molar-refractivity contribution in [2.24, 2.45) is 11.7 Å². The van der Waals surface area contributed by atoms with Gasteiger partial charge >= 0.3 is 5.97 Å². The van der Waals surface area contributed by atoms with Gasteiger partial charge in [0, 0.05) is 66.1 Å². The van der Waals surface area contributed by atoms with Gasteiger partial charge in [-0.3, -0.25) is 15.0 Å². The minimum atomic E-state index is -0.611. The lowest BCUT2D eigenvalue weighted by Crippen LogP contribution is -2.38. The summed E-state index contributed by atoms with van der Waals surface area (Å²) in [6.45, 7) is 45.3. The number of carbonyl (C=O) groups is 2. The molecule has 5 N–H and O–H groups in total. The summed E-state index contributed by atoms with van der Waals surface area (Å²) in [6.07, 6.45) is 1.25. The molecule has 8 rings (SSSR count). The smallest absolute Gasteiger partial charge is 0.316 e. The number of ketones is 1. The van der Waals surface area contributed by atoms with Crippen LogP contribution in [0.1, 0.15) is 149 Å². The van der Waals surface area contributed by atoms with Gasteiger partial charge in [0.1, 0.15) is 50.4 Å². The topological polar surface area (TPSA) is 198 Å². The van der Waals surface area contributed by atoms with Gasteiger partial charge in [0.15, 0.2) is 17.5 Å². The summed E-state index contributed by atoms with van der Waals surface area (Å²) in [7, 11) is 3.75. The molecule has 4 aromatic carbocycles. The lowest BCUT2D eigenvalue weighted by Gasteiger charge is -2.33. The SMILES string of the molecule is CC.CC.CC.CC.CCOC(=O)C(C)C(C)=O.CNc1nc(-c2c(C)cccc2C)nc(Cl)c1C.CNc1nc(-c2c(C)cccc2C)nc(N2CCC2)c1C.Cc1cccc(C)c1-c1nc(Cl)c(C)c(Cl)n1.Cc1cccc(C)c1C(=N)N. The van der Waals surface area contributed by atoms with Crippen LogP contribution in [-0.2, 0) is 14.3 Å². The zero-order chi connectivity index (χ0) is 65.4. The number of rotatable bonds is 10. The van der Waals surface area contributed by atoms with Gasteiger partial charge in [-0.15, -0.1) is 0 Å².